The zero-order chi connectivity index (χ0) is 17.1. The van der Waals surface area contributed by atoms with Crippen LogP contribution < -0.4 is 0 Å². The number of hydrogen-bond donors (Lipinski definition) is 0. The largest absolute Gasteiger partial charge is 0.354 e. The minimum Gasteiger partial charge on any atom is -0.354 e. The van der Waals surface area contributed by atoms with Gasteiger partial charge in [0.05, 0.1) is 5.69 Å². The van der Waals surface area contributed by atoms with E-state index in [1.165, 1.54) is 34.7 Å². The highest BCUT2D eigenvalue weighted by molar-refractivity contribution is 7.99. The van der Waals surface area contributed by atoms with Gasteiger partial charge in [0.15, 0.2) is 0 Å². The lowest BCUT2D eigenvalue weighted by atomic mass is 10.1. The second-order valence-corrected chi connectivity index (χ2v) is 7.77. The molecule has 0 aliphatic carbocycles. The second kappa shape index (κ2) is 7.63. The third-order valence-corrected chi connectivity index (χ3v) is 6.08. The highest BCUT2D eigenvalue weighted by Gasteiger charge is 2.24. The lowest BCUT2D eigenvalue weighted by Crippen LogP contribution is -2.49. The lowest BCUT2D eigenvalue weighted by molar-refractivity contribution is 0.180. The van der Waals surface area contributed by atoms with Crippen LogP contribution in [0.4, 0.5) is 5.69 Å². The van der Waals surface area contributed by atoms with E-state index in [9.17, 15) is 0 Å². The molecule has 3 nitrogen and oxygen atoms in total. The van der Waals surface area contributed by atoms with E-state index in [1.54, 1.807) is 0 Å². The predicted molar refractivity (Wildman–Crippen MR) is 106 cm³/mol. The molecule has 0 saturated carbocycles. The van der Waals surface area contributed by atoms with Crippen molar-refractivity contribution in [1.82, 2.24) is 9.80 Å². The van der Waals surface area contributed by atoms with Crippen molar-refractivity contribution in [3.63, 3.8) is 0 Å². The van der Waals surface area contributed by atoms with Gasteiger partial charge in [0, 0.05) is 41.5 Å². The summed E-state index contributed by atoms with van der Waals surface area (Å²) in [4.78, 5) is 12.7. The smallest absolute Gasteiger partial charge is 0.137 e. The molecule has 4 heteroatoms. The monoisotopic (exact) mass is 351 g/mol. The fourth-order valence-electron chi connectivity index (χ4n) is 3.48. The molecule has 0 aromatic heterocycles. The Bertz CT molecular complexity index is 763. The summed E-state index contributed by atoms with van der Waals surface area (Å²) >= 11 is 1.83. The van der Waals surface area contributed by atoms with Crippen molar-refractivity contribution in [3.8, 4) is 0 Å². The van der Waals surface area contributed by atoms with Gasteiger partial charge >= 0.3 is 0 Å². The molecule has 1 fully saturated rings. The summed E-state index contributed by atoms with van der Waals surface area (Å²) in [6.45, 7) is 7.88. The van der Waals surface area contributed by atoms with Crippen molar-refractivity contribution >= 4 is 23.3 Å². The Labute approximate surface area is 154 Å². The van der Waals surface area contributed by atoms with Gasteiger partial charge in [0.25, 0.3) is 0 Å². The summed E-state index contributed by atoms with van der Waals surface area (Å²) in [6, 6.07) is 17.2. The van der Waals surface area contributed by atoms with Crippen molar-refractivity contribution in [2.75, 3.05) is 32.7 Å². The first kappa shape index (κ1) is 16.7. The molecule has 4 rings (SSSR count). The Kier molecular flexibility index (Phi) is 5.09. The first-order valence-corrected chi connectivity index (χ1v) is 10.1. The Morgan fingerprint density at radius 3 is 2.44 bits per heavy atom. The molecule has 2 aliphatic rings. The maximum absolute atomic E-state index is 5.09. The van der Waals surface area contributed by atoms with E-state index in [0.29, 0.717) is 0 Å². The standard InChI is InChI=1S/C21H25N3S/c1-2-3-12-23-13-15-24(16-14-23)21-17-8-4-6-10-19(17)25-20-11-7-5-9-18(20)22-21/h4-11H,2-3,12-16H2,1H3. The third-order valence-electron chi connectivity index (χ3n) is 4.94. The molecule has 0 amide bonds. The maximum atomic E-state index is 5.09. The van der Waals surface area contributed by atoms with Crippen LogP contribution in [0.15, 0.2) is 63.3 Å². The summed E-state index contributed by atoms with van der Waals surface area (Å²) < 4.78 is 0. The minimum atomic E-state index is 1.06. The second-order valence-electron chi connectivity index (χ2n) is 6.68. The molecule has 0 N–H and O–H groups in total. The molecule has 0 radical (unpaired) electrons. The molecule has 0 bridgehead atoms. The number of benzene rings is 2. The molecule has 2 aromatic rings. The van der Waals surface area contributed by atoms with Crippen LogP contribution in [0, 0.1) is 0 Å². The Morgan fingerprint density at radius 1 is 0.920 bits per heavy atom. The summed E-state index contributed by atoms with van der Waals surface area (Å²) in [5.74, 6) is 1.14. The fraction of sp³-hybridized carbons (Fsp3) is 0.381. The van der Waals surface area contributed by atoms with Crippen LogP contribution in [0.25, 0.3) is 0 Å². The Balaban J connectivity index is 1.63. The van der Waals surface area contributed by atoms with Gasteiger partial charge in [-0.15, -0.1) is 0 Å². The van der Waals surface area contributed by atoms with Crippen molar-refractivity contribution in [2.24, 2.45) is 4.99 Å². The van der Waals surface area contributed by atoms with E-state index in [4.69, 9.17) is 4.99 Å². The Hall–Kier alpha value is -1.78. The quantitative estimate of drug-likeness (QED) is 0.802. The van der Waals surface area contributed by atoms with Crippen molar-refractivity contribution in [1.29, 1.82) is 0 Å². The molecule has 130 valence electrons. The van der Waals surface area contributed by atoms with E-state index in [2.05, 4.69) is 65.3 Å². The molecule has 25 heavy (non-hydrogen) atoms. The number of para-hydroxylation sites is 1. The molecule has 2 heterocycles. The van der Waals surface area contributed by atoms with Crippen LogP contribution in [0.2, 0.25) is 0 Å². The van der Waals surface area contributed by atoms with E-state index in [1.807, 2.05) is 11.8 Å². The summed E-state index contributed by atoms with van der Waals surface area (Å²) in [6.07, 6.45) is 2.57. The van der Waals surface area contributed by atoms with Gasteiger partial charge in [0.2, 0.25) is 0 Å². The van der Waals surface area contributed by atoms with E-state index >= 15 is 0 Å². The first-order chi connectivity index (χ1) is 12.3. The van der Waals surface area contributed by atoms with Crippen LogP contribution in [0.1, 0.15) is 25.3 Å². The summed E-state index contributed by atoms with van der Waals surface area (Å²) in [7, 11) is 0. The topological polar surface area (TPSA) is 18.8 Å². The van der Waals surface area contributed by atoms with E-state index in [0.717, 1.165) is 37.7 Å². The first-order valence-electron chi connectivity index (χ1n) is 9.27. The molecule has 2 aliphatic heterocycles. The van der Waals surface area contributed by atoms with Crippen molar-refractivity contribution in [3.05, 3.63) is 54.1 Å². The Morgan fingerprint density at radius 2 is 1.64 bits per heavy atom. The highest BCUT2D eigenvalue weighted by Crippen LogP contribution is 2.40. The number of rotatable bonds is 3. The van der Waals surface area contributed by atoms with Crippen LogP contribution in [-0.2, 0) is 0 Å². The summed E-state index contributed by atoms with van der Waals surface area (Å²) in [5.41, 5.74) is 2.36. The average Bonchev–Trinajstić information content (AvgIpc) is 2.83. The van der Waals surface area contributed by atoms with Crippen LogP contribution in [0.5, 0.6) is 0 Å². The highest BCUT2D eigenvalue weighted by atomic mass is 32.2. The zero-order valence-corrected chi connectivity index (χ0v) is 15.6. The van der Waals surface area contributed by atoms with Gasteiger partial charge in [-0.1, -0.05) is 55.4 Å². The lowest BCUT2D eigenvalue weighted by Gasteiger charge is -2.36. The van der Waals surface area contributed by atoms with Crippen molar-refractivity contribution < 1.29 is 0 Å². The van der Waals surface area contributed by atoms with Crippen LogP contribution in [0.3, 0.4) is 0 Å². The number of unbranched alkanes of at least 4 members (excludes halogenated alkanes) is 1. The SMILES string of the molecule is CCCCN1CCN(C2=Nc3ccccc3Sc3ccccc32)CC1. The number of nitrogens with zero attached hydrogens (tertiary/aromatic N) is 3. The van der Waals surface area contributed by atoms with Crippen LogP contribution in [-0.4, -0.2) is 48.4 Å². The number of aliphatic imine (C=N–C) groups is 1. The van der Waals surface area contributed by atoms with Gasteiger partial charge in [-0.05, 0) is 31.2 Å². The van der Waals surface area contributed by atoms with Gasteiger partial charge in [-0.3, -0.25) is 4.90 Å². The summed E-state index contributed by atoms with van der Waals surface area (Å²) in [5, 5.41) is 0. The zero-order valence-electron chi connectivity index (χ0n) is 14.8. The predicted octanol–water partition coefficient (Wildman–Crippen LogP) is 4.65. The van der Waals surface area contributed by atoms with Gasteiger partial charge in [-0.2, -0.15) is 0 Å². The molecule has 0 spiro atoms. The average molecular weight is 352 g/mol. The molecular formula is C21H25N3S. The van der Waals surface area contributed by atoms with Gasteiger partial charge in [-0.25, -0.2) is 4.99 Å². The minimum absolute atomic E-state index is 1.06. The normalized spacial score (nSPS) is 17.5. The van der Waals surface area contributed by atoms with Gasteiger partial charge < -0.3 is 4.90 Å². The molecule has 0 unspecified atom stereocenters. The molecule has 1 saturated heterocycles. The number of amidine groups is 1. The number of fused-ring (bicyclic) bond motifs is 2. The van der Waals surface area contributed by atoms with Crippen LogP contribution >= 0.6 is 11.8 Å². The fourth-order valence-corrected chi connectivity index (χ4v) is 4.49. The number of piperazine rings is 1. The third kappa shape index (κ3) is 3.60. The van der Waals surface area contributed by atoms with E-state index in [-0.39, 0.29) is 0 Å². The maximum Gasteiger partial charge on any atom is 0.137 e. The molecule has 2 aromatic carbocycles. The van der Waals surface area contributed by atoms with Crippen molar-refractivity contribution in [2.45, 2.75) is 29.6 Å². The molecule has 0 atom stereocenters. The molecular weight excluding hydrogens is 326 g/mol. The van der Waals surface area contributed by atoms with E-state index < -0.39 is 0 Å². The number of hydrogen-bond acceptors (Lipinski definition) is 4. The van der Waals surface area contributed by atoms with Gasteiger partial charge in [0.1, 0.15) is 5.84 Å².